The van der Waals surface area contributed by atoms with E-state index in [1.807, 2.05) is 0 Å². The molecule has 3 aromatic carbocycles. The minimum absolute atomic E-state index is 0.0160. The smallest absolute Gasteiger partial charge is 0.326 e. The molecule has 0 aliphatic carbocycles. The second-order valence-electron chi connectivity index (χ2n) is 8.62. The van der Waals surface area contributed by atoms with Crippen LogP contribution in [0.2, 0.25) is 0 Å². The third-order valence-corrected chi connectivity index (χ3v) is 9.96. The Hall–Kier alpha value is -3.81. The van der Waals surface area contributed by atoms with Crippen LogP contribution in [0, 0.1) is 0 Å². The van der Waals surface area contributed by atoms with Gasteiger partial charge in [-0.05, 0) is 68.4 Å². The van der Waals surface area contributed by atoms with Gasteiger partial charge in [-0.3, -0.25) is 13.9 Å². The van der Waals surface area contributed by atoms with E-state index in [0.29, 0.717) is 15.9 Å². The summed E-state index contributed by atoms with van der Waals surface area (Å²) >= 11 is 1.05. The molecule has 13 heteroatoms. The molecular formula is C27H27N3O7S3. The van der Waals surface area contributed by atoms with Gasteiger partial charge in [0.15, 0.2) is 14.6 Å². The number of esters is 1. The molecule has 1 heterocycles. The van der Waals surface area contributed by atoms with Gasteiger partial charge in [0.05, 0.1) is 32.3 Å². The fraction of sp³-hybridized carbons (Fsp3) is 0.222. The summed E-state index contributed by atoms with van der Waals surface area (Å²) in [5, 5.41) is 0. The van der Waals surface area contributed by atoms with Crippen molar-refractivity contribution in [1.82, 2.24) is 4.57 Å². The van der Waals surface area contributed by atoms with E-state index in [1.54, 1.807) is 50.2 Å². The largest absolute Gasteiger partial charge is 0.465 e. The minimum Gasteiger partial charge on any atom is -0.465 e. The number of carbonyl (C=O) groups is 2. The molecule has 10 nitrogen and oxygen atoms in total. The van der Waals surface area contributed by atoms with E-state index in [1.165, 1.54) is 45.3 Å². The Balaban J connectivity index is 1.72. The van der Waals surface area contributed by atoms with Crippen molar-refractivity contribution in [2.75, 3.05) is 23.7 Å². The van der Waals surface area contributed by atoms with Gasteiger partial charge in [-0.1, -0.05) is 29.5 Å². The molecule has 0 unspecified atom stereocenters. The third-order valence-electron chi connectivity index (χ3n) is 5.89. The molecule has 4 aromatic rings. The number of amides is 1. The van der Waals surface area contributed by atoms with E-state index in [0.717, 1.165) is 17.6 Å². The van der Waals surface area contributed by atoms with Crippen molar-refractivity contribution in [1.29, 1.82) is 0 Å². The molecule has 40 heavy (non-hydrogen) atoms. The van der Waals surface area contributed by atoms with Crippen LogP contribution in [-0.4, -0.2) is 52.7 Å². The number of para-hydroxylation sites is 1. The van der Waals surface area contributed by atoms with Gasteiger partial charge >= 0.3 is 5.97 Å². The van der Waals surface area contributed by atoms with Crippen LogP contribution in [0.5, 0.6) is 0 Å². The number of carbonyl (C=O) groups excluding carboxylic acids is 2. The van der Waals surface area contributed by atoms with Crippen LogP contribution in [0.1, 0.15) is 24.2 Å². The van der Waals surface area contributed by atoms with Crippen molar-refractivity contribution >= 4 is 59.0 Å². The topological polar surface area (TPSA) is 132 Å². The number of rotatable bonds is 9. The van der Waals surface area contributed by atoms with Crippen molar-refractivity contribution in [2.24, 2.45) is 4.99 Å². The maximum Gasteiger partial charge on any atom is 0.326 e. The van der Waals surface area contributed by atoms with E-state index in [-0.39, 0.29) is 39.9 Å². The molecule has 4 rings (SSSR count). The van der Waals surface area contributed by atoms with Gasteiger partial charge in [0.1, 0.15) is 6.54 Å². The van der Waals surface area contributed by atoms with Gasteiger partial charge in [0.2, 0.25) is 0 Å². The quantitative estimate of drug-likeness (QED) is 0.268. The summed E-state index contributed by atoms with van der Waals surface area (Å²) in [5.74, 6) is -1.21. The molecule has 0 saturated heterocycles. The Bertz CT molecular complexity index is 1840. The van der Waals surface area contributed by atoms with Gasteiger partial charge in [-0.25, -0.2) is 16.8 Å². The van der Waals surface area contributed by atoms with Crippen LogP contribution in [0.3, 0.4) is 0 Å². The number of ether oxygens (including phenoxy) is 1. The van der Waals surface area contributed by atoms with Gasteiger partial charge in [0, 0.05) is 18.4 Å². The number of sulfone groups is 1. The fourth-order valence-corrected chi connectivity index (χ4v) is 7.25. The number of hydrogen-bond acceptors (Lipinski definition) is 8. The molecule has 0 spiro atoms. The van der Waals surface area contributed by atoms with Crippen LogP contribution in [-0.2, 0) is 35.9 Å². The lowest BCUT2D eigenvalue weighted by atomic mass is 10.2. The summed E-state index contributed by atoms with van der Waals surface area (Å²) in [6.45, 7) is 3.55. The number of hydrogen-bond donors (Lipinski definition) is 0. The van der Waals surface area contributed by atoms with Crippen LogP contribution >= 0.6 is 11.3 Å². The van der Waals surface area contributed by atoms with Crippen molar-refractivity contribution in [2.45, 2.75) is 30.2 Å². The second kappa shape index (κ2) is 11.7. The lowest BCUT2D eigenvalue weighted by molar-refractivity contribution is -0.143. The predicted molar refractivity (Wildman–Crippen MR) is 153 cm³/mol. The molecule has 0 aliphatic rings. The van der Waals surface area contributed by atoms with Crippen LogP contribution in [0.25, 0.3) is 10.2 Å². The number of sulfonamides is 1. The predicted octanol–water partition coefficient (Wildman–Crippen LogP) is 3.63. The summed E-state index contributed by atoms with van der Waals surface area (Å²) < 4.78 is 58.9. The molecular weight excluding hydrogens is 575 g/mol. The summed E-state index contributed by atoms with van der Waals surface area (Å²) in [4.78, 5) is 29.8. The molecule has 1 aromatic heterocycles. The summed E-state index contributed by atoms with van der Waals surface area (Å²) in [6, 6.07) is 18.6. The van der Waals surface area contributed by atoms with Crippen molar-refractivity contribution < 1.29 is 31.2 Å². The zero-order valence-corrected chi connectivity index (χ0v) is 24.4. The third kappa shape index (κ3) is 6.16. The normalized spacial score (nSPS) is 12.4. The number of aromatic nitrogens is 1. The van der Waals surface area contributed by atoms with Gasteiger partial charge < -0.3 is 9.30 Å². The Morgan fingerprint density at radius 1 is 0.925 bits per heavy atom. The molecule has 0 radical (unpaired) electrons. The van der Waals surface area contributed by atoms with Crippen molar-refractivity contribution in [3.8, 4) is 0 Å². The first kappa shape index (κ1) is 29.2. The first-order valence-corrected chi connectivity index (χ1v) is 16.4. The van der Waals surface area contributed by atoms with Crippen LogP contribution < -0.4 is 9.11 Å². The summed E-state index contributed by atoms with van der Waals surface area (Å²) in [5.41, 5.74) is 1.17. The van der Waals surface area contributed by atoms with E-state index in [2.05, 4.69) is 4.99 Å². The highest BCUT2D eigenvalue weighted by molar-refractivity contribution is 7.92. The Labute approximate surface area is 236 Å². The van der Waals surface area contributed by atoms with E-state index >= 15 is 0 Å². The molecule has 210 valence electrons. The monoisotopic (exact) mass is 601 g/mol. The molecule has 0 N–H and O–H groups in total. The fourth-order valence-electron chi connectivity index (χ4n) is 3.99. The first-order chi connectivity index (χ1) is 19.0. The molecule has 0 bridgehead atoms. The number of benzene rings is 3. The average Bonchev–Trinajstić information content (AvgIpc) is 3.25. The van der Waals surface area contributed by atoms with Gasteiger partial charge in [-0.2, -0.15) is 4.99 Å². The number of fused-ring (bicyclic) bond motifs is 1. The maximum atomic E-state index is 13.3. The first-order valence-electron chi connectivity index (χ1n) is 12.2. The van der Waals surface area contributed by atoms with E-state index in [4.69, 9.17) is 4.74 Å². The highest BCUT2D eigenvalue weighted by atomic mass is 32.2. The number of nitrogens with zero attached hydrogens (tertiary/aromatic N) is 3. The molecule has 0 aliphatic heterocycles. The number of anilines is 1. The zero-order valence-electron chi connectivity index (χ0n) is 22.0. The van der Waals surface area contributed by atoms with Crippen LogP contribution in [0.4, 0.5) is 5.69 Å². The molecule has 0 atom stereocenters. The minimum atomic E-state index is -3.88. The SMILES string of the molecule is CCOC(=O)Cn1c(=NC(=O)c2ccc(S(=O)(=O)N(CC)c3ccccc3)cc2)sc2cc(S(C)(=O)=O)ccc21. The van der Waals surface area contributed by atoms with E-state index < -0.39 is 31.7 Å². The lowest BCUT2D eigenvalue weighted by Crippen LogP contribution is -2.30. The van der Waals surface area contributed by atoms with Crippen LogP contribution in [0.15, 0.2) is 87.6 Å². The Kier molecular flexibility index (Phi) is 8.57. The summed E-state index contributed by atoms with van der Waals surface area (Å²) in [6.07, 6.45) is 1.09. The average molecular weight is 602 g/mol. The number of thiazole rings is 1. The Morgan fingerprint density at radius 3 is 2.17 bits per heavy atom. The van der Waals surface area contributed by atoms with Crippen molar-refractivity contribution in [3.63, 3.8) is 0 Å². The Morgan fingerprint density at radius 2 is 1.57 bits per heavy atom. The van der Waals surface area contributed by atoms with Gasteiger partial charge in [0.25, 0.3) is 15.9 Å². The molecule has 0 fully saturated rings. The lowest BCUT2D eigenvalue weighted by Gasteiger charge is -2.22. The summed E-state index contributed by atoms with van der Waals surface area (Å²) in [7, 11) is -7.36. The molecule has 1 amide bonds. The maximum absolute atomic E-state index is 13.3. The van der Waals surface area contributed by atoms with E-state index in [9.17, 15) is 26.4 Å². The van der Waals surface area contributed by atoms with Gasteiger partial charge in [-0.15, -0.1) is 0 Å². The highest BCUT2D eigenvalue weighted by Crippen LogP contribution is 2.24. The standard InChI is InChI=1S/C27H27N3O7S3/c1-4-30(20-9-7-6-8-10-20)40(35,36)21-13-11-19(12-14-21)26(32)28-27-29(18-25(31)37-5-2)23-16-15-22(39(3,33)34)17-24(23)38-27/h6-17H,4-5,18H2,1-3H3. The molecule has 0 saturated carbocycles. The zero-order chi connectivity index (χ0) is 29.1. The second-order valence-corrected chi connectivity index (χ2v) is 13.5. The van der Waals surface area contributed by atoms with Crippen molar-refractivity contribution in [3.05, 3.63) is 83.2 Å². The highest BCUT2D eigenvalue weighted by Gasteiger charge is 2.24.